The predicted molar refractivity (Wildman–Crippen MR) is 97.8 cm³/mol. The number of carbonyl (C=O) groups excluding carboxylic acids is 1. The molecule has 0 bridgehead atoms. The van der Waals surface area contributed by atoms with Gasteiger partial charge in [-0.3, -0.25) is 9.69 Å². The van der Waals surface area contributed by atoms with Gasteiger partial charge in [0.25, 0.3) is 0 Å². The summed E-state index contributed by atoms with van der Waals surface area (Å²) < 4.78 is 5.25. The van der Waals surface area contributed by atoms with Crippen molar-refractivity contribution in [3.63, 3.8) is 0 Å². The van der Waals surface area contributed by atoms with E-state index in [0.717, 1.165) is 38.2 Å². The van der Waals surface area contributed by atoms with Crippen LogP contribution in [0.5, 0.6) is 5.75 Å². The number of amides is 1. The third kappa shape index (κ3) is 4.62. The molecule has 2 unspecified atom stereocenters. The lowest BCUT2D eigenvalue weighted by Crippen LogP contribution is -2.44. The van der Waals surface area contributed by atoms with E-state index >= 15 is 0 Å². The van der Waals surface area contributed by atoms with Crippen LogP contribution >= 0.6 is 12.4 Å². The van der Waals surface area contributed by atoms with Gasteiger partial charge in [0.05, 0.1) is 19.2 Å². The number of hydrogen-bond donors (Lipinski definition) is 2. The monoisotopic (exact) mass is 353 g/mol. The molecular weight excluding hydrogens is 326 g/mol. The Balaban J connectivity index is 0.00000208. The minimum Gasteiger partial charge on any atom is -0.497 e. The molecule has 1 amide bonds. The zero-order valence-electron chi connectivity index (χ0n) is 14.3. The van der Waals surface area contributed by atoms with Gasteiger partial charge in [-0.05, 0) is 63.0 Å². The number of methoxy groups -OCH3 is 1. The van der Waals surface area contributed by atoms with Gasteiger partial charge in [-0.25, -0.2) is 0 Å². The molecule has 6 heteroatoms. The van der Waals surface area contributed by atoms with Crippen LogP contribution in [0.3, 0.4) is 0 Å². The number of carbonyl (C=O) groups is 1. The van der Waals surface area contributed by atoms with Gasteiger partial charge < -0.3 is 15.4 Å². The number of ether oxygens (including phenoxy) is 1. The number of nitrogens with one attached hydrogen (secondary N) is 2. The molecule has 1 aromatic rings. The quantitative estimate of drug-likeness (QED) is 0.822. The Morgan fingerprint density at radius 1 is 1.29 bits per heavy atom. The molecule has 0 saturated carbocycles. The molecule has 0 spiro atoms. The third-order valence-electron chi connectivity index (χ3n) is 4.93. The summed E-state index contributed by atoms with van der Waals surface area (Å²) in [4.78, 5) is 14.8. The van der Waals surface area contributed by atoms with Crippen LogP contribution in [0.4, 0.5) is 0 Å². The molecular formula is C18H28ClN3O2. The van der Waals surface area contributed by atoms with Crippen LogP contribution in [-0.4, -0.2) is 50.1 Å². The van der Waals surface area contributed by atoms with Crippen LogP contribution in [0, 0.1) is 0 Å². The fraction of sp³-hybridized carbons (Fsp3) is 0.611. The lowest BCUT2D eigenvalue weighted by atomic mass is 10.0. The van der Waals surface area contributed by atoms with Crippen molar-refractivity contribution < 1.29 is 9.53 Å². The van der Waals surface area contributed by atoms with E-state index in [2.05, 4.69) is 27.7 Å². The van der Waals surface area contributed by atoms with E-state index in [0.29, 0.717) is 6.54 Å². The van der Waals surface area contributed by atoms with E-state index in [9.17, 15) is 4.79 Å². The van der Waals surface area contributed by atoms with Gasteiger partial charge in [0, 0.05) is 6.54 Å². The summed E-state index contributed by atoms with van der Waals surface area (Å²) in [6.45, 7) is 3.83. The SMILES string of the molecule is COc1ccc(C(CNC(=O)C2CCCN2)N2CCCC2)cc1.Cl. The van der Waals surface area contributed by atoms with Crippen molar-refractivity contribution in [1.29, 1.82) is 0 Å². The number of halogens is 1. The van der Waals surface area contributed by atoms with Crippen LogP contribution in [-0.2, 0) is 4.79 Å². The second kappa shape index (κ2) is 9.25. The average Bonchev–Trinajstić information content (AvgIpc) is 3.29. The molecule has 2 fully saturated rings. The molecule has 1 aromatic carbocycles. The molecule has 2 atom stereocenters. The van der Waals surface area contributed by atoms with Crippen molar-refractivity contribution in [2.45, 2.75) is 37.8 Å². The van der Waals surface area contributed by atoms with Crippen molar-refractivity contribution in [3.8, 4) is 5.75 Å². The molecule has 2 N–H and O–H groups in total. The fourth-order valence-electron chi connectivity index (χ4n) is 3.57. The molecule has 0 aromatic heterocycles. The van der Waals surface area contributed by atoms with Gasteiger partial charge in [-0.1, -0.05) is 12.1 Å². The fourth-order valence-corrected chi connectivity index (χ4v) is 3.57. The van der Waals surface area contributed by atoms with E-state index < -0.39 is 0 Å². The summed E-state index contributed by atoms with van der Waals surface area (Å²) in [5, 5.41) is 6.42. The number of hydrogen-bond acceptors (Lipinski definition) is 4. The highest BCUT2D eigenvalue weighted by Gasteiger charge is 2.26. The van der Waals surface area contributed by atoms with E-state index in [1.54, 1.807) is 7.11 Å². The Labute approximate surface area is 150 Å². The van der Waals surface area contributed by atoms with Crippen molar-refractivity contribution in [2.75, 3.05) is 33.3 Å². The first kappa shape index (κ1) is 19.0. The zero-order valence-corrected chi connectivity index (χ0v) is 15.1. The predicted octanol–water partition coefficient (Wildman–Crippen LogP) is 2.12. The summed E-state index contributed by atoms with van der Waals surface area (Å²) in [5.74, 6) is 1.01. The first-order chi connectivity index (χ1) is 11.3. The van der Waals surface area contributed by atoms with E-state index in [1.807, 2.05) is 12.1 Å². The Hall–Kier alpha value is -1.30. The minimum absolute atomic E-state index is 0. The summed E-state index contributed by atoms with van der Waals surface area (Å²) in [5.41, 5.74) is 1.24. The number of benzene rings is 1. The number of nitrogens with zero attached hydrogens (tertiary/aromatic N) is 1. The van der Waals surface area contributed by atoms with Gasteiger partial charge in [0.1, 0.15) is 5.75 Å². The summed E-state index contributed by atoms with van der Waals surface area (Å²) in [6.07, 6.45) is 4.52. The van der Waals surface area contributed by atoms with Gasteiger partial charge in [0.15, 0.2) is 0 Å². The lowest BCUT2D eigenvalue weighted by molar-refractivity contribution is -0.123. The Morgan fingerprint density at radius 2 is 2.00 bits per heavy atom. The summed E-state index contributed by atoms with van der Waals surface area (Å²) >= 11 is 0. The molecule has 134 valence electrons. The minimum atomic E-state index is -0.00917. The van der Waals surface area contributed by atoms with Gasteiger partial charge in [-0.2, -0.15) is 0 Å². The molecule has 5 nitrogen and oxygen atoms in total. The molecule has 3 rings (SSSR count). The first-order valence-electron chi connectivity index (χ1n) is 8.67. The second-order valence-corrected chi connectivity index (χ2v) is 6.43. The molecule has 2 aliphatic rings. The topological polar surface area (TPSA) is 53.6 Å². The number of rotatable bonds is 6. The molecule has 2 aliphatic heterocycles. The first-order valence-corrected chi connectivity index (χ1v) is 8.67. The molecule has 24 heavy (non-hydrogen) atoms. The largest absolute Gasteiger partial charge is 0.497 e. The van der Waals surface area contributed by atoms with Crippen molar-refractivity contribution in [3.05, 3.63) is 29.8 Å². The highest BCUT2D eigenvalue weighted by Crippen LogP contribution is 2.26. The summed E-state index contributed by atoms with van der Waals surface area (Å²) in [7, 11) is 1.68. The molecule has 0 radical (unpaired) electrons. The van der Waals surface area contributed by atoms with Crippen LogP contribution in [0.2, 0.25) is 0 Å². The maximum absolute atomic E-state index is 12.3. The Bertz CT molecular complexity index is 512. The maximum Gasteiger partial charge on any atom is 0.237 e. The van der Waals surface area contributed by atoms with Crippen molar-refractivity contribution in [2.24, 2.45) is 0 Å². The zero-order chi connectivity index (χ0) is 16.1. The van der Waals surface area contributed by atoms with Gasteiger partial charge in [-0.15, -0.1) is 12.4 Å². The van der Waals surface area contributed by atoms with E-state index in [-0.39, 0.29) is 30.4 Å². The van der Waals surface area contributed by atoms with Crippen molar-refractivity contribution >= 4 is 18.3 Å². The highest BCUT2D eigenvalue weighted by molar-refractivity contribution is 5.85. The standard InChI is InChI=1S/C18H27N3O2.ClH/c1-23-15-8-6-14(7-9-15)17(21-11-2-3-12-21)13-20-18(22)16-5-4-10-19-16;/h6-9,16-17,19H,2-5,10-13H2,1H3,(H,20,22);1H. The Kier molecular flexibility index (Phi) is 7.34. The second-order valence-electron chi connectivity index (χ2n) is 6.43. The smallest absolute Gasteiger partial charge is 0.237 e. The Morgan fingerprint density at radius 3 is 2.58 bits per heavy atom. The summed E-state index contributed by atoms with van der Waals surface area (Å²) in [6, 6.07) is 8.46. The van der Waals surface area contributed by atoms with E-state index in [4.69, 9.17) is 4.74 Å². The van der Waals surface area contributed by atoms with Gasteiger partial charge >= 0.3 is 0 Å². The van der Waals surface area contributed by atoms with Crippen LogP contribution in [0.15, 0.2) is 24.3 Å². The highest BCUT2D eigenvalue weighted by atomic mass is 35.5. The van der Waals surface area contributed by atoms with Crippen LogP contribution in [0.25, 0.3) is 0 Å². The van der Waals surface area contributed by atoms with Crippen LogP contribution in [0.1, 0.15) is 37.3 Å². The molecule has 0 aliphatic carbocycles. The van der Waals surface area contributed by atoms with E-state index in [1.165, 1.54) is 18.4 Å². The van der Waals surface area contributed by atoms with Crippen molar-refractivity contribution in [1.82, 2.24) is 15.5 Å². The molecule has 2 heterocycles. The average molecular weight is 354 g/mol. The number of likely N-dealkylation sites (tertiary alicyclic amines) is 1. The molecule has 2 saturated heterocycles. The maximum atomic E-state index is 12.3. The normalized spacial score (nSPS) is 22.0. The van der Waals surface area contributed by atoms with Gasteiger partial charge in [0.2, 0.25) is 5.91 Å². The van der Waals surface area contributed by atoms with Crippen LogP contribution < -0.4 is 15.4 Å². The third-order valence-corrected chi connectivity index (χ3v) is 4.93. The lowest BCUT2D eigenvalue weighted by Gasteiger charge is -2.28.